The molecular weight excluding hydrogens is 368 g/mol. The van der Waals surface area contributed by atoms with E-state index in [1.807, 2.05) is 31.2 Å². The molecule has 0 unspecified atom stereocenters. The maximum atomic E-state index is 12.3. The van der Waals surface area contributed by atoms with E-state index in [1.165, 1.54) is 25.0 Å². The molecule has 150 valence electrons. The van der Waals surface area contributed by atoms with Gasteiger partial charge in [-0.15, -0.1) is 0 Å². The Hall–Kier alpha value is -2.40. The monoisotopic (exact) mass is 398 g/mol. The molecule has 0 N–H and O–H groups in total. The van der Waals surface area contributed by atoms with Crippen LogP contribution in [0.5, 0.6) is 0 Å². The Labute approximate surface area is 168 Å². The smallest absolute Gasteiger partial charge is 0.320 e. The highest BCUT2D eigenvalue weighted by molar-refractivity contribution is 6.90. The predicted octanol–water partition coefficient (Wildman–Crippen LogP) is 3.91. The summed E-state index contributed by atoms with van der Waals surface area (Å²) in [5.74, 6) is -2.20. The number of carbonyl (C=O) groups is 2. The first-order valence-corrected chi connectivity index (χ1v) is 12.7. The van der Waals surface area contributed by atoms with Gasteiger partial charge in [0.05, 0.1) is 22.3 Å². The van der Waals surface area contributed by atoms with Crippen molar-refractivity contribution in [1.29, 1.82) is 0 Å². The number of rotatable bonds is 8. The molecule has 28 heavy (non-hydrogen) atoms. The van der Waals surface area contributed by atoms with Crippen LogP contribution in [0.25, 0.3) is 0 Å². The lowest BCUT2D eigenvalue weighted by molar-refractivity contribution is -0.161. The third-order valence-corrected chi connectivity index (χ3v) is 9.81. The molecule has 0 aromatic heterocycles. The average Bonchev–Trinajstić information content (AvgIpc) is 2.72. The summed E-state index contributed by atoms with van der Waals surface area (Å²) in [5, 5.41) is 1.35. The van der Waals surface area contributed by atoms with Gasteiger partial charge in [0.2, 0.25) is 0 Å². The number of esters is 2. The average molecular weight is 399 g/mol. The van der Waals surface area contributed by atoms with Crippen LogP contribution in [-0.2, 0) is 19.1 Å². The fourth-order valence-electron chi connectivity index (χ4n) is 3.92. The van der Waals surface area contributed by atoms with E-state index in [1.54, 1.807) is 0 Å². The molecule has 0 amide bonds. The minimum absolute atomic E-state index is 0.208. The molecule has 0 aliphatic heterocycles. The lowest BCUT2D eigenvalue weighted by atomic mass is 9.88. The van der Waals surface area contributed by atoms with Gasteiger partial charge in [0.15, 0.2) is 5.92 Å². The predicted molar refractivity (Wildman–Crippen MR) is 114 cm³/mol. The fourth-order valence-corrected chi connectivity index (χ4v) is 7.37. The van der Waals surface area contributed by atoms with Crippen molar-refractivity contribution in [2.24, 2.45) is 11.8 Å². The Morgan fingerprint density at radius 3 is 1.79 bits per heavy atom. The van der Waals surface area contributed by atoms with Crippen molar-refractivity contribution >= 4 is 25.2 Å². The standard InChI is InChI=1S/C23H30O4Si/c1-17(21(22(24)26-2)23(25)27-3)16-20(18-12-8-6-9-13-18)28(4,5)19-14-10-7-11-15-19/h6-15,17,20-21H,16H2,1-5H3/t17-,20-/m1/s1. The van der Waals surface area contributed by atoms with Crippen LogP contribution in [0.1, 0.15) is 24.4 Å². The zero-order valence-electron chi connectivity index (χ0n) is 17.3. The summed E-state index contributed by atoms with van der Waals surface area (Å²) in [6.45, 7) is 6.62. The Bertz CT molecular complexity index is 758. The van der Waals surface area contributed by atoms with E-state index < -0.39 is 25.9 Å². The summed E-state index contributed by atoms with van der Waals surface area (Å²) >= 11 is 0. The van der Waals surface area contributed by atoms with E-state index in [-0.39, 0.29) is 11.5 Å². The molecule has 2 aromatic rings. The second kappa shape index (κ2) is 9.69. The topological polar surface area (TPSA) is 52.6 Å². The van der Waals surface area contributed by atoms with Gasteiger partial charge >= 0.3 is 11.9 Å². The van der Waals surface area contributed by atoms with Crippen LogP contribution < -0.4 is 5.19 Å². The summed E-state index contributed by atoms with van der Waals surface area (Å²) in [6, 6.07) is 20.9. The first-order valence-electron chi connectivity index (χ1n) is 9.59. The molecule has 0 saturated heterocycles. The van der Waals surface area contributed by atoms with Gasteiger partial charge in [0, 0.05) is 0 Å². The molecule has 0 aliphatic carbocycles. The van der Waals surface area contributed by atoms with Crippen molar-refractivity contribution in [2.75, 3.05) is 14.2 Å². The summed E-state index contributed by atoms with van der Waals surface area (Å²) in [5.41, 5.74) is 1.48. The van der Waals surface area contributed by atoms with Crippen molar-refractivity contribution in [3.63, 3.8) is 0 Å². The first-order chi connectivity index (χ1) is 13.3. The third-order valence-electron chi connectivity index (χ3n) is 5.68. The summed E-state index contributed by atoms with van der Waals surface area (Å²) in [4.78, 5) is 24.6. The van der Waals surface area contributed by atoms with Crippen molar-refractivity contribution in [3.05, 3.63) is 66.2 Å². The Kier molecular flexibility index (Phi) is 7.58. The number of hydrogen-bond donors (Lipinski definition) is 0. The summed E-state index contributed by atoms with van der Waals surface area (Å²) in [6.07, 6.45) is 0.701. The molecule has 0 fully saturated rings. The van der Waals surface area contributed by atoms with E-state index in [2.05, 4.69) is 49.5 Å². The van der Waals surface area contributed by atoms with Crippen LogP contribution in [0, 0.1) is 11.8 Å². The number of ether oxygens (including phenoxy) is 2. The number of hydrogen-bond acceptors (Lipinski definition) is 4. The van der Waals surface area contributed by atoms with Crippen molar-refractivity contribution in [1.82, 2.24) is 0 Å². The second-order valence-corrected chi connectivity index (χ2v) is 12.5. The number of methoxy groups -OCH3 is 2. The Morgan fingerprint density at radius 1 is 0.857 bits per heavy atom. The zero-order chi connectivity index (χ0) is 20.7. The van der Waals surface area contributed by atoms with Gasteiger partial charge in [0.1, 0.15) is 0 Å². The van der Waals surface area contributed by atoms with Crippen molar-refractivity contribution < 1.29 is 19.1 Å². The zero-order valence-corrected chi connectivity index (χ0v) is 18.3. The molecule has 0 aliphatic rings. The quantitative estimate of drug-likeness (QED) is 0.384. The molecule has 2 atom stereocenters. The van der Waals surface area contributed by atoms with Crippen LogP contribution in [0.2, 0.25) is 13.1 Å². The summed E-state index contributed by atoms with van der Waals surface area (Å²) < 4.78 is 9.77. The van der Waals surface area contributed by atoms with Crippen LogP contribution in [-0.4, -0.2) is 34.2 Å². The van der Waals surface area contributed by atoms with Crippen molar-refractivity contribution in [2.45, 2.75) is 32.0 Å². The maximum Gasteiger partial charge on any atom is 0.320 e. The lowest BCUT2D eigenvalue weighted by Gasteiger charge is -2.36. The molecule has 0 bridgehead atoms. The molecule has 4 nitrogen and oxygen atoms in total. The molecule has 2 aromatic carbocycles. The van der Waals surface area contributed by atoms with E-state index in [9.17, 15) is 9.59 Å². The third kappa shape index (κ3) is 4.90. The normalized spacial score (nSPS) is 13.6. The molecular formula is C23H30O4Si. The number of carbonyl (C=O) groups excluding carboxylic acids is 2. The van der Waals surface area contributed by atoms with E-state index in [0.717, 1.165) is 0 Å². The number of benzene rings is 2. The molecule has 0 spiro atoms. The van der Waals surface area contributed by atoms with Crippen LogP contribution in [0.4, 0.5) is 0 Å². The Balaban J connectivity index is 2.43. The van der Waals surface area contributed by atoms with Crippen LogP contribution in [0.15, 0.2) is 60.7 Å². The second-order valence-electron chi connectivity index (χ2n) is 7.79. The van der Waals surface area contributed by atoms with Gasteiger partial charge in [0.25, 0.3) is 0 Å². The van der Waals surface area contributed by atoms with Crippen LogP contribution in [0.3, 0.4) is 0 Å². The van der Waals surface area contributed by atoms with Crippen LogP contribution >= 0.6 is 0 Å². The van der Waals surface area contributed by atoms with E-state index in [4.69, 9.17) is 9.47 Å². The first kappa shape index (κ1) is 21.9. The minimum atomic E-state index is -1.95. The van der Waals surface area contributed by atoms with Crippen molar-refractivity contribution in [3.8, 4) is 0 Å². The molecule has 2 rings (SSSR count). The maximum absolute atomic E-state index is 12.3. The summed E-state index contributed by atoms with van der Waals surface area (Å²) in [7, 11) is 0.663. The molecule has 0 radical (unpaired) electrons. The molecule has 5 heteroatoms. The highest BCUT2D eigenvalue weighted by Crippen LogP contribution is 2.35. The molecule has 0 heterocycles. The largest absolute Gasteiger partial charge is 0.468 e. The van der Waals surface area contributed by atoms with Gasteiger partial charge < -0.3 is 9.47 Å². The SMILES string of the molecule is COC(=O)C(C(=O)OC)[C@H](C)C[C@H](c1ccccc1)[Si](C)(C)c1ccccc1. The Morgan fingerprint density at radius 2 is 1.32 bits per heavy atom. The van der Waals surface area contributed by atoms with Gasteiger partial charge in [-0.1, -0.05) is 85.9 Å². The van der Waals surface area contributed by atoms with E-state index >= 15 is 0 Å². The molecule has 0 saturated carbocycles. The highest BCUT2D eigenvalue weighted by atomic mass is 28.3. The van der Waals surface area contributed by atoms with Gasteiger partial charge in [-0.05, 0) is 23.4 Å². The highest BCUT2D eigenvalue weighted by Gasteiger charge is 2.40. The van der Waals surface area contributed by atoms with Gasteiger partial charge in [-0.2, -0.15) is 0 Å². The van der Waals surface area contributed by atoms with Gasteiger partial charge in [-0.3, -0.25) is 9.59 Å². The lowest BCUT2D eigenvalue weighted by Crippen LogP contribution is -2.49. The van der Waals surface area contributed by atoms with Gasteiger partial charge in [-0.25, -0.2) is 0 Å². The fraction of sp³-hybridized carbons (Fsp3) is 0.391. The minimum Gasteiger partial charge on any atom is -0.468 e. The van der Waals surface area contributed by atoms with E-state index in [0.29, 0.717) is 6.42 Å².